The number of hydrogen-bond acceptors (Lipinski definition) is 2. The summed E-state index contributed by atoms with van der Waals surface area (Å²) in [6, 6.07) is 3.73. The Morgan fingerprint density at radius 2 is 2.31 bits per heavy atom. The quantitative estimate of drug-likeness (QED) is 0.751. The Labute approximate surface area is 82.9 Å². The van der Waals surface area contributed by atoms with Crippen LogP contribution in [0.1, 0.15) is 17.7 Å². The van der Waals surface area contributed by atoms with Gasteiger partial charge < -0.3 is 5.11 Å². The molecule has 2 nitrogen and oxygen atoms in total. The number of rotatable bonds is 4. The minimum Gasteiger partial charge on any atom is -0.390 e. The van der Waals surface area contributed by atoms with Crippen LogP contribution in [0.3, 0.4) is 0 Å². The van der Waals surface area contributed by atoms with Crippen LogP contribution >= 0.6 is 11.6 Å². The molecule has 0 aromatic carbocycles. The summed E-state index contributed by atoms with van der Waals surface area (Å²) >= 11 is 5.52. The zero-order valence-electron chi connectivity index (χ0n) is 7.28. The van der Waals surface area contributed by atoms with Gasteiger partial charge in [0.25, 0.3) is 0 Å². The molecule has 0 aliphatic rings. The molecule has 0 amide bonds. The SMILES string of the molecule is OCc1ccc(C=CCCCl)cn1. The topological polar surface area (TPSA) is 33.1 Å². The van der Waals surface area contributed by atoms with Crippen molar-refractivity contribution >= 4 is 17.7 Å². The van der Waals surface area contributed by atoms with Crippen molar-refractivity contribution in [3.8, 4) is 0 Å². The Hall–Kier alpha value is -0.860. The molecular weight excluding hydrogens is 186 g/mol. The molecule has 1 heterocycles. The third-order valence-electron chi connectivity index (χ3n) is 1.60. The van der Waals surface area contributed by atoms with Crippen molar-refractivity contribution in [3.63, 3.8) is 0 Å². The number of aromatic nitrogens is 1. The van der Waals surface area contributed by atoms with Gasteiger partial charge in [0, 0.05) is 12.1 Å². The van der Waals surface area contributed by atoms with Gasteiger partial charge in [-0.05, 0) is 18.1 Å². The number of nitrogens with zero attached hydrogens (tertiary/aromatic N) is 1. The predicted octanol–water partition coefficient (Wildman–Crippen LogP) is 2.22. The maximum Gasteiger partial charge on any atom is 0.0852 e. The normalized spacial score (nSPS) is 10.9. The molecule has 0 fully saturated rings. The lowest BCUT2D eigenvalue weighted by molar-refractivity contribution is 0.277. The first-order valence-corrected chi connectivity index (χ1v) is 4.68. The highest BCUT2D eigenvalue weighted by Gasteiger charge is 1.90. The van der Waals surface area contributed by atoms with E-state index in [0.717, 1.165) is 12.0 Å². The Balaban J connectivity index is 2.58. The van der Waals surface area contributed by atoms with Crippen LogP contribution in [0.4, 0.5) is 0 Å². The number of alkyl halides is 1. The fourth-order valence-electron chi connectivity index (χ4n) is 0.910. The molecule has 13 heavy (non-hydrogen) atoms. The van der Waals surface area contributed by atoms with E-state index in [1.54, 1.807) is 12.3 Å². The van der Waals surface area contributed by atoms with Gasteiger partial charge in [-0.2, -0.15) is 0 Å². The molecule has 0 aliphatic heterocycles. The van der Waals surface area contributed by atoms with Crippen molar-refractivity contribution in [2.45, 2.75) is 13.0 Å². The Morgan fingerprint density at radius 3 is 2.85 bits per heavy atom. The molecule has 70 valence electrons. The van der Waals surface area contributed by atoms with Gasteiger partial charge in [0.1, 0.15) is 0 Å². The summed E-state index contributed by atoms with van der Waals surface area (Å²) < 4.78 is 0. The first kappa shape index (κ1) is 10.2. The molecule has 0 saturated carbocycles. The lowest BCUT2D eigenvalue weighted by atomic mass is 10.2. The minimum atomic E-state index is -0.00826. The maximum absolute atomic E-state index is 8.74. The van der Waals surface area contributed by atoms with Crippen molar-refractivity contribution in [2.75, 3.05) is 5.88 Å². The van der Waals surface area contributed by atoms with Gasteiger partial charge in [0.05, 0.1) is 12.3 Å². The van der Waals surface area contributed by atoms with Crippen molar-refractivity contribution in [2.24, 2.45) is 0 Å². The maximum atomic E-state index is 8.74. The van der Waals surface area contributed by atoms with Crippen LogP contribution in [0, 0.1) is 0 Å². The smallest absolute Gasteiger partial charge is 0.0852 e. The van der Waals surface area contributed by atoms with Gasteiger partial charge in [-0.1, -0.05) is 18.2 Å². The molecular formula is C10H12ClNO. The highest BCUT2D eigenvalue weighted by atomic mass is 35.5. The van der Waals surface area contributed by atoms with E-state index < -0.39 is 0 Å². The van der Waals surface area contributed by atoms with Gasteiger partial charge >= 0.3 is 0 Å². The molecule has 0 radical (unpaired) electrons. The molecule has 0 bridgehead atoms. The van der Waals surface area contributed by atoms with E-state index in [1.807, 2.05) is 18.2 Å². The summed E-state index contributed by atoms with van der Waals surface area (Å²) in [7, 11) is 0. The summed E-state index contributed by atoms with van der Waals surface area (Å²) in [6.45, 7) is -0.00826. The Kier molecular flexibility index (Phi) is 4.50. The van der Waals surface area contributed by atoms with E-state index in [4.69, 9.17) is 16.7 Å². The predicted molar refractivity (Wildman–Crippen MR) is 54.5 cm³/mol. The molecule has 0 aliphatic carbocycles. The molecule has 3 heteroatoms. The number of allylic oxidation sites excluding steroid dienone is 1. The molecule has 0 unspecified atom stereocenters. The molecule has 1 aromatic rings. The summed E-state index contributed by atoms with van der Waals surface area (Å²) in [5, 5.41) is 8.74. The Morgan fingerprint density at radius 1 is 1.46 bits per heavy atom. The highest BCUT2D eigenvalue weighted by Crippen LogP contribution is 2.03. The zero-order valence-corrected chi connectivity index (χ0v) is 8.04. The standard InChI is InChI=1S/C10H12ClNO/c11-6-2-1-3-9-4-5-10(8-13)12-7-9/h1,3-5,7,13H,2,6,8H2. The second-order valence-electron chi connectivity index (χ2n) is 2.62. The third kappa shape index (κ3) is 3.57. The average Bonchev–Trinajstić information content (AvgIpc) is 2.19. The van der Waals surface area contributed by atoms with Gasteiger partial charge in [-0.25, -0.2) is 0 Å². The van der Waals surface area contributed by atoms with Crippen LogP contribution < -0.4 is 0 Å². The monoisotopic (exact) mass is 197 g/mol. The van der Waals surface area contributed by atoms with E-state index in [9.17, 15) is 0 Å². The second kappa shape index (κ2) is 5.73. The first-order valence-electron chi connectivity index (χ1n) is 4.15. The minimum absolute atomic E-state index is 0.00826. The zero-order chi connectivity index (χ0) is 9.52. The lowest BCUT2D eigenvalue weighted by Gasteiger charge is -1.95. The number of aliphatic hydroxyl groups is 1. The van der Waals surface area contributed by atoms with E-state index >= 15 is 0 Å². The molecule has 1 aromatic heterocycles. The van der Waals surface area contributed by atoms with Crippen LogP contribution in [0.5, 0.6) is 0 Å². The van der Waals surface area contributed by atoms with Gasteiger partial charge in [0.15, 0.2) is 0 Å². The molecule has 0 saturated heterocycles. The lowest BCUT2D eigenvalue weighted by Crippen LogP contribution is -1.87. The number of pyridine rings is 1. The van der Waals surface area contributed by atoms with Crippen molar-refractivity contribution in [1.29, 1.82) is 0 Å². The fraction of sp³-hybridized carbons (Fsp3) is 0.300. The van der Waals surface area contributed by atoms with E-state index in [2.05, 4.69) is 4.98 Å². The summed E-state index contributed by atoms with van der Waals surface area (Å²) in [4.78, 5) is 4.04. The van der Waals surface area contributed by atoms with Gasteiger partial charge in [-0.15, -0.1) is 11.6 Å². The summed E-state index contributed by atoms with van der Waals surface area (Å²) in [6.07, 6.45) is 6.57. The molecule has 0 atom stereocenters. The average molecular weight is 198 g/mol. The fourth-order valence-corrected chi connectivity index (χ4v) is 1.04. The summed E-state index contributed by atoms with van der Waals surface area (Å²) in [5.41, 5.74) is 1.72. The van der Waals surface area contributed by atoms with E-state index in [0.29, 0.717) is 11.6 Å². The largest absolute Gasteiger partial charge is 0.390 e. The molecule has 1 N–H and O–H groups in total. The van der Waals surface area contributed by atoms with E-state index in [-0.39, 0.29) is 6.61 Å². The van der Waals surface area contributed by atoms with Crippen molar-refractivity contribution < 1.29 is 5.11 Å². The second-order valence-corrected chi connectivity index (χ2v) is 3.00. The van der Waals surface area contributed by atoms with Gasteiger partial charge in [-0.3, -0.25) is 4.98 Å². The van der Waals surface area contributed by atoms with Gasteiger partial charge in [0.2, 0.25) is 0 Å². The van der Waals surface area contributed by atoms with Crippen LogP contribution in [0.25, 0.3) is 6.08 Å². The highest BCUT2D eigenvalue weighted by molar-refractivity contribution is 6.17. The number of halogens is 1. The first-order chi connectivity index (χ1) is 6.36. The van der Waals surface area contributed by atoms with Crippen LogP contribution in [0.2, 0.25) is 0 Å². The van der Waals surface area contributed by atoms with Crippen LogP contribution in [-0.2, 0) is 6.61 Å². The van der Waals surface area contributed by atoms with Crippen molar-refractivity contribution in [1.82, 2.24) is 4.98 Å². The number of aliphatic hydroxyl groups excluding tert-OH is 1. The molecule has 1 rings (SSSR count). The Bertz CT molecular complexity index is 269. The van der Waals surface area contributed by atoms with Crippen LogP contribution in [-0.4, -0.2) is 16.0 Å². The number of hydrogen-bond donors (Lipinski definition) is 1. The molecule has 0 spiro atoms. The third-order valence-corrected chi connectivity index (χ3v) is 1.81. The van der Waals surface area contributed by atoms with Crippen molar-refractivity contribution in [3.05, 3.63) is 35.7 Å². The summed E-state index contributed by atoms with van der Waals surface area (Å²) in [5.74, 6) is 0.638. The van der Waals surface area contributed by atoms with Crippen LogP contribution in [0.15, 0.2) is 24.4 Å². The van der Waals surface area contributed by atoms with E-state index in [1.165, 1.54) is 0 Å².